The number of methoxy groups -OCH3 is 1. The zero-order valence-corrected chi connectivity index (χ0v) is 32.8. The molecule has 2 aliphatic carbocycles. The van der Waals surface area contributed by atoms with Crippen LogP contribution in [-0.2, 0) is 16.0 Å². The van der Waals surface area contributed by atoms with E-state index in [2.05, 4.69) is 31.9 Å². The number of carbonyl (C=O) groups is 1. The number of aromatic nitrogens is 3. The minimum Gasteiger partial charge on any atom is -0.472 e. The third-order valence-corrected chi connectivity index (χ3v) is 13.6. The maximum Gasteiger partial charge on any atom is 0.226 e. The Morgan fingerprint density at radius 3 is 2.66 bits per heavy atom. The third kappa shape index (κ3) is 5.82. The number of anilines is 1. The first-order chi connectivity index (χ1) is 27.2. The number of ether oxygens (including phenoxy) is 2. The zero-order valence-electron chi connectivity index (χ0n) is 31.3. The molecule has 10 nitrogen and oxygen atoms in total. The number of aryl methyl sites for hydroxylation is 2. The minimum atomic E-state index is -0.487. The van der Waals surface area contributed by atoms with Crippen molar-refractivity contribution in [2.75, 3.05) is 38.2 Å². The average molecular weight is 795 g/mol. The van der Waals surface area contributed by atoms with E-state index < -0.39 is 5.82 Å². The van der Waals surface area contributed by atoms with E-state index in [9.17, 15) is 10.1 Å². The quantitative estimate of drug-likeness (QED) is 0.152. The molecule has 7 heterocycles. The summed E-state index contributed by atoms with van der Waals surface area (Å²) in [5.74, 6) is 0.636. The zero-order chi connectivity index (χ0) is 38.4. The Kier molecular flexibility index (Phi) is 8.90. The number of halogens is 3. The molecule has 288 valence electrons. The molecule has 11 rings (SSSR count). The molecule has 6 fully saturated rings. The van der Waals surface area contributed by atoms with Crippen molar-refractivity contribution in [3.05, 3.63) is 81.5 Å². The highest BCUT2D eigenvalue weighted by Gasteiger charge is 2.51. The summed E-state index contributed by atoms with van der Waals surface area (Å²) < 4.78 is 31.8. The fraction of sp³-hybridized carbons (Fsp3) is 0.442. The monoisotopic (exact) mass is 793 g/mol. The van der Waals surface area contributed by atoms with Gasteiger partial charge in [-0.05, 0) is 68.4 Å². The summed E-state index contributed by atoms with van der Waals surface area (Å²) in [5.41, 5.74) is 5.37. The number of nitrogens with zero attached hydrogens (tertiary/aromatic N) is 6. The van der Waals surface area contributed by atoms with E-state index in [4.69, 9.17) is 37.7 Å². The number of amides is 1. The smallest absolute Gasteiger partial charge is 0.226 e. The Labute approximate surface area is 334 Å². The number of nitrogens with one attached hydrogen (secondary N) is 1. The second kappa shape index (κ2) is 13.9. The van der Waals surface area contributed by atoms with Gasteiger partial charge in [0.2, 0.25) is 11.8 Å². The Hall–Kier alpha value is -4.47. The maximum absolute atomic E-state index is 17.3. The first-order valence-corrected chi connectivity index (χ1v) is 20.4. The van der Waals surface area contributed by atoms with E-state index in [1.54, 1.807) is 31.5 Å². The predicted molar refractivity (Wildman–Crippen MR) is 214 cm³/mol. The van der Waals surface area contributed by atoms with Gasteiger partial charge in [-0.2, -0.15) is 5.26 Å². The van der Waals surface area contributed by atoms with Gasteiger partial charge in [0.15, 0.2) is 5.82 Å². The molecule has 0 spiro atoms. The second-order valence-electron chi connectivity index (χ2n) is 16.2. The number of fused-ring (bicyclic) bond motifs is 4. The lowest BCUT2D eigenvalue weighted by Crippen LogP contribution is -2.51. The molecule has 5 aromatic rings. The van der Waals surface area contributed by atoms with E-state index in [0.717, 1.165) is 61.2 Å². The van der Waals surface area contributed by atoms with Gasteiger partial charge in [0.25, 0.3) is 0 Å². The Morgan fingerprint density at radius 1 is 1.09 bits per heavy atom. The summed E-state index contributed by atoms with van der Waals surface area (Å²) in [6.07, 6.45) is 5.70. The Bertz CT molecular complexity index is 2440. The van der Waals surface area contributed by atoms with Crippen molar-refractivity contribution in [1.29, 1.82) is 5.26 Å². The summed E-state index contributed by atoms with van der Waals surface area (Å²) in [5, 5.41) is 15.6. The van der Waals surface area contributed by atoms with Gasteiger partial charge in [0, 0.05) is 103 Å². The van der Waals surface area contributed by atoms with Gasteiger partial charge in [-0.15, -0.1) is 0 Å². The lowest BCUT2D eigenvalue weighted by atomic mass is 9.79. The summed E-state index contributed by atoms with van der Waals surface area (Å²) in [6, 6.07) is 15.7. The van der Waals surface area contributed by atoms with E-state index in [-0.39, 0.29) is 59.1 Å². The van der Waals surface area contributed by atoms with Crippen LogP contribution >= 0.6 is 23.2 Å². The van der Waals surface area contributed by atoms with Crippen LogP contribution in [0.1, 0.15) is 61.1 Å². The van der Waals surface area contributed by atoms with Crippen LogP contribution < -0.4 is 15.0 Å². The number of nitriles is 1. The van der Waals surface area contributed by atoms with E-state index in [0.29, 0.717) is 64.0 Å². The summed E-state index contributed by atoms with van der Waals surface area (Å²) >= 11 is 13.2. The van der Waals surface area contributed by atoms with Crippen LogP contribution in [0, 0.1) is 35.9 Å². The SMILES string of the molecule is COC1CN(c2ccnc(OC3CC(c4cc5c(C)nc6c(F)c(-c7cccc(Cl)c7Cl)c(CCC#N)cc6c5n4C4C5CNC4C5)N(C(=O)C4CC4)C3)c2)C1. The number of benzene rings is 2. The van der Waals surface area contributed by atoms with Crippen molar-refractivity contribution in [3.63, 3.8) is 0 Å². The van der Waals surface area contributed by atoms with Crippen molar-refractivity contribution >= 4 is 56.6 Å². The van der Waals surface area contributed by atoms with Gasteiger partial charge in [-0.25, -0.2) is 14.4 Å². The van der Waals surface area contributed by atoms with Crippen LogP contribution in [0.3, 0.4) is 0 Å². The molecule has 5 unspecified atom stereocenters. The standard InChI is InChI=1S/C43H42Cl2FN7O3/c1-22-30-17-35(34-16-27(21-52(34)43(54)23-8-9-23)56-36-15-26(10-12-48-36)51-19-28(20-51)55-2)53(41-25-14-33(41)49-18-25)42(30)31-13-24(5-4-11-47)37(39(46)40(31)50-22)29-6-3-7-32(44)38(29)45/h3,6-7,10,12-13,15,17,23,25,27-28,33-34,41,49H,4-5,8-9,14,16,18-21H2,1-2H3. The molecule has 3 aromatic heterocycles. The number of carbonyl (C=O) groups excluding carboxylic acids is 1. The van der Waals surface area contributed by atoms with Gasteiger partial charge in [0.05, 0.1) is 46.4 Å². The van der Waals surface area contributed by atoms with Crippen molar-refractivity contribution in [2.24, 2.45) is 11.8 Å². The molecule has 1 amide bonds. The van der Waals surface area contributed by atoms with Crippen LogP contribution in [-0.4, -0.2) is 76.9 Å². The van der Waals surface area contributed by atoms with Gasteiger partial charge in [0.1, 0.15) is 11.6 Å². The van der Waals surface area contributed by atoms with E-state index >= 15 is 4.39 Å². The van der Waals surface area contributed by atoms with Gasteiger partial charge < -0.3 is 29.2 Å². The largest absolute Gasteiger partial charge is 0.472 e. The highest BCUT2D eigenvalue weighted by atomic mass is 35.5. The molecule has 56 heavy (non-hydrogen) atoms. The molecule has 4 saturated heterocycles. The molecule has 2 aromatic carbocycles. The van der Waals surface area contributed by atoms with E-state index in [1.807, 2.05) is 30.0 Å². The first kappa shape index (κ1) is 35.9. The van der Waals surface area contributed by atoms with Crippen LogP contribution in [0.2, 0.25) is 10.0 Å². The Balaban J connectivity index is 1.11. The number of hydrogen-bond acceptors (Lipinski definition) is 8. The van der Waals surface area contributed by atoms with Gasteiger partial charge in [-0.1, -0.05) is 35.3 Å². The molecule has 1 N–H and O–H groups in total. The summed E-state index contributed by atoms with van der Waals surface area (Å²) in [6.45, 7) is 4.92. The van der Waals surface area contributed by atoms with Crippen LogP contribution in [0.15, 0.2) is 48.7 Å². The number of hydrogen-bond donors (Lipinski definition) is 1. The van der Waals surface area contributed by atoms with Crippen LogP contribution in [0.25, 0.3) is 32.9 Å². The lowest BCUT2D eigenvalue weighted by Gasteiger charge is -2.39. The maximum atomic E-state index is 17.3. The van der Waals surface area contributed by atoms with Gasteiger partial charge >= 0.3 is 0 Å². The van der Waals surface area contributed by atoms with Crippen molar-refractivity contribution < 1.29 is 18.7 Å². The number of likely N-dealkylation sites (tertiary alicyclic amines) is 1. The third-order valence-electron chi connectivity index (χ3n) is 12.8. The highest BCUT2D eigenvalue weighted by Crippen LogP contribution is 2.51. The molecule has 0 radical (unpaired) electrons. The highest BCUT2D eigenvalue weighted by molar-refractivity contribution is 6.43. The van der Waals surface area contributed by atoms with Crippen LogP contribution in [0.4, 0.5) is 10.1 Å². The number of rotatable bonds is 10. The minimum absolute atomic E-state index is 0.0231. The molecule has 2 saturated carbocycles. The molecule has 13 heteroatoms. The summed E-state index contributed by atoms with van der Waals surface area (Å²) in [4.78, 5) is 27.9. The van der Waals surface area contributed by atoms with Gasteiger partial charge in [-0.3, -0.25) is 4.79 Å². The lowest BCUT2D eigenvalue weighted by molar-refractivity contribution is -0.133. The molecule has 5 atom stereocenters. The first-order valence-electron chi connectivity index (χ1n) is 19.6. The Morgan fingerprint density at radius 2 is 1.93 bits per heavy atom. The van der Waals surface area contributed by atoms with Crippen LogP contribution in [0.5, 0.6) is 5.88 Å². The van der Waals surface area contributed by atoms with Crippen molar-refractivity contribution in [1.82, 2.24) is 24.8 Å². The second-order valence-corrected chi connectivity index (χ2v) is 16.9. The fourth-order valence-electron chi connectivity index (χ4n) is 9.70. The molecule has 2 bridgehead atoms. The number of pyridine rings is 2. The molecule has 6 aliphatic rings. The summed E-state index contributed by atoms with van der Waals surface area (Å²) in [7, 11) is 1.74. The molecular weight excluding hydrogens is 752 g/mol. The predicted octanol–water partition coefficient (Wildman–Crippen LogP) is 7.96. The topological polar surface area (TPSA) is 109 Å². The van der Waals surface area contributed by atoms with Crippen molar-refractivity contribution in [2.45, 2.75) is 75.8 Å². The average Bonchev–Trinajstić information content (AvgIpc) is 3.45. The normalized spacial score (nSPS) is 24.5. The molecule has 4 aliphatic heterocycles. The molecular formula is C43H42Cl2FN7O3. The van der Waals surface area contributed by atoms with Crippen molar-refractivity contribution in [3.8, 4) is 23.1 Å². The van der Waals surface area contributed by atoms with E-state index in [1.165, 1.54) is 0 Å². The fourth-order valence-corrected chi connectivity index (χ4v) is 10.1.